The highest BCUT2D eigenvalue weighted by molar-refractivity contribution is 5.95. The molecule has 0 unspecified atom stereocenters. The first-order valence-corrected chi connectivity index (χ1v) is 9.02. The minimum atomic E-state index is 0.0477. The van der Waals surface area contributed by atoms with Gasteiger partial charge in [-0.2, -0.15) is 0 Å². The molecule has 3 aliphatic heterocycles. The Morgan fingerprint density at radius 2 is 2.08 bits per heavy atom. The van der Waals surface area contributed by atoms with Gasteiger partial charge in [-0.3, -0.25) is 9.69 Å². The van der Waals surface area contributed by atoms with E-state index in [1.807, 2.05) is 22.1 Å². The van der Waals surface area contributed by atoms with Crippen molar-refractivity contribution >= 4 is 23.5 Å². The number of amides is 1. The van der Waals surface area contributed by atoms with E-state index in [0.29, 0.717) is 18.0 Å². The van der Waals surface area contributed by atoms with Crippen LogP contribution in [0.2, 0.25) is 0 Å². The van der Waals surface area contributed by atoms with E-state index >= 15 is 0 Å². The van der Waals surface area contributed by atoms with Crippen molar-refractivity contribution in [2.24, 2.45) is 0 Å². The Bertz CT molecular complexity index is 903. The van der Waals surface area contributed by atoms with Gasteiger partial charge in [0.1, 0.15) is 0 Å². The molecule has 1 amide bonds. The van der Waals surface area contributed by atoms with Crippen molar-refractivity contribution in [2.75, 3.05) is 24.7 Å². The molecule has 6 heteroatoms. The Morgan fingerprint density at radius 1 is 1.19 bits per heavy atom. The number of rotatable bonds is 2. The quantitative estimate of drug-likeness (QED) is 0.904. The number of hydrogen-bond donors (Lipinski definition) is 1. The highest BCUT2D eigenvalue weighted by Gasteiger charge is 2.27. The molecule has 6 nitrogen and oxygen atoms in total. The zero-order chi connectivity index (χ0) is 17.5. The molecule has 26 heavy (non-hydrogen) atoms. The predicted molar refractivity (Wildman–Crippen MR) is 99.3 cm³/mol. The van der Waals surface area contributed by atoms with Crippen LogP contribution in [-0.2, 0) is 6.54 Å². The number of aromatic nitrogens is 1. The van der Waals surface area contributed by atoms with Crippen LogP contribution in [0, 0.1) is 0 Å². The summed E-state index contributed by atoms with van der Waals surface area (Å²) in [6.45, 7) is 2.89. The smallest absolute Gasteiger partial charge is 0.255 e. The molecule has 2 aromatic rings. The third-order valence-electron chi connectivity index (χ3n) is 5.19. The normalized spacial score (nSPS) is 17.5. The Balaban J connectivity index is 1.43. The van der Waals surface area contributed by atoms with Gasteiger partial charge in [-0.15, -0.1) is 0 Å². The summed E-state index contributed by atoms with van der Waals surface area (Å²) in [5, 5.41) is 3.24. The lowest BCUT2D eigenvalue weighted by Crippen LogP contribution is -2.27. The second-order valence-corrected chi connectivity index (χ2v) is 6.84. The summed E-state index contributed by atoms with van der Waals surface area (Å²) in [6, 6.07) is 8.18. The van der Waals surface area contributed by atoms with Crippen molar-refractivity contribution in [2.45, 2.75) is 19.4 Å². The van der Waals surface area contributed by atoms with E-state index in [4.69, 9.17) is 4.74 Å². The molecule has 3 aliphatic rings. The number of nitrogens with zero attached hydrogens (tertiary/aromatic N) is 3. The van der Waals surface area contributed by atoms with Crippen molar-refractivity contribution in [3.8, 4) is 5.75 Å². The average Bonchev–Trinajstić information content (AvgIpc) is 3.36. The van der Waals surface area contributed by atoms with Gasteiger partial charge in [0, 0.05) is 31.5 Å². The molecule has 132 valence electrons. The molecule has 1 aromatic carbocycles. The number of pyridine rings is 1. The Morgan fingerprint density at radius 3 is 2.96 bits per heavy atom. The maximum Gasteiger partial charge on any atom is 0.255 e. The Hall–Kier alpha value is -3.02. The molecule has 5 rings (SSSR count). The van der Waals surface area contributed by atoms with Gasteiger partial charge in [-0.25, -0.2) is 4.98 Å². The summed E-state index contributed by atoms with van der Waals surface area (Å²) >= 11 is 0. The standard InChI is InChI=1S/C20H20N4O2/c25-20(23-7-1-2-8-23)16-10-18-19(22-12-16)24(13-26-18)17-4-3-14-5-6-21-11-15(14)9-17/h3-6,9-10,12,21H,1-2,7-8,11,13H2. The van der Waals surface area contributed by atoms with Gasteiger partial charge in [0.05, 0.1) is 5.56 Å². The lowest BCUT2D eigenvalue weighted by Gasteiger charge is -2.19. The zero-order valence-corrected chi connectivity index (χ0v) is 14.4. The first-order chi connectivity index (χ1) is 12.8. The van der Waals surface area contributed by atoms with Crippen LogP contribution >= 0.6 is 0 Å². The monoisotopic (exact) mass is 348 g/mol. The number of carbonyl (C=O) groups is 1. The zero-order valence-electron chi connectivity index (χ0n) is 14.4. The fraction of sp³-hybridized carbons (Fsp3) is 0.300. The topological polar surface area (TPSA) is 57.7 Å². The molecule has 1 saturated heterocycles. The van der Waals surface area contributed by atoms with E-state index in [9.17, 15) is 4.79 Å². The first-order valence-electron chi connectivity index (χ1n) is 9.02. The van der Waals surface area contributed by atoms with Crippen LogP contribution in [0.4, 0.5) is 11.5 Å². The van der Waals surface area contributed by atoms with Gasteiger partial charge in [-0.05, 0) is 54.4 Å². The van der Waals surface area contributed by atoms with E-state index in [0.717, 1.165) is 44.0 Å². The largest absolute Gasteiger partial charge is 0.469 e. The second-order valence-electron chi connectivity index (χ2n) is 6.84. The van der Waals surface area contributed by atoms with E-state index in [2.05, 4.69) is 34.6 Å². The summed E-state index contributed by atoms with van der Waals surface area (Å²) < 4.78 is 5.83. The molecular weight excluding hydrogens is 328 g/mol. The molecule has 1 fully saturated rings. The molecule has 0 atom stereocenters. The molecule has 0 spiro atoms. The first kappa shape index (κ1) is 15.3. The molecule has 0 aliphatic carbocycles. The van der Waals surface area contributed by atoms with Crippen LogP contribution in [0.15, 0.2) is 36.7 Å². The molecule has 0 bridgehead atoms. The molecule has 1 aromatic heterocycles. The minimum absolute atomic E-state index is 0.0477. The Labute approximate surface area is 152 Å². The third kappa shape index (κ3) is 2.49. The second kappa shape index (κ2) is 6.05. The van der Waals surface area contributed by atoms with Crippen LogP contribution in [0.1, 0.15) is 34.3 Å². The maximum atomic E-state index is 12.6. The number of nitrogens with one attached hydrogen (secondary N) is 1. The van der Waals surface area contributed by atoms with Gasteiger partial charge in [-0.1, -0.05) is 6.07 Å². The lowest BCUT2D eigenvalue weighted by atomic mass is 10.0. The highest BCUT2D eigenvalue weighted by Crippen LogP contribution is 2.38. The molecule has 0 saturated carbocycles. The number of ether oxygens (including phenoxy) is 1. The number of anilines is 2. The van der Waals surface area contributed by atoms with Crippen molar-refractivity contribution < 1.29 is 9.53 Å². The molecule has 0 radical (unpaired) electrons. The van der Waals surface area contributed by atoms with Crippen LogP contribution in [-0.4, -0.2) is 35.6 Å². The van der Waals surface area contributed by atoms with Crippen LogP contribution in [0.5, 0.6) is 5.75 Å². The Kier molecular flexibility index (Phi) is 3.55. The molecule has 1 N–H and O–H groups in total. The van der Waals surface area contributed by atoms with Gasteiger partial charge in [0.15, 0.2) is 18.3 Å². The van der Waals surface area contributed by atoms with E-state index in [1.165, 1.54) is 11.1 Å². The molecular formula is C20H20N4O2. The minimum Gasteiger partial charge on any atom is -0.469 e. The number of fused-ring (bicyclic) bond motifs is 2. The van der Waals surface area contributed by atoms with E-state index < -0.39 is 0 Å². The SMILES string of the molecule is O=C(c1cnc2c(c1)OCN2c1ccc2c(c1)CNC=C2)N1CCCC1. The fourth-order valence-electron chi connectivity index (χ4n) is 3.75. The van der Waals surface area contributed by atoms with Gasteiger partial charge in [0.2, 0.25) is 0 Å². The fourth-order valence-corrected chi connectivity index (χ4v) is 3.75. The van der Waals surface area contributed by atoms with Crippen LogP contribution < -0.4 is 15.0 Å². The summed E-state index contributed by atoms with van der Waals surface area (Å²) in [5.74, 6) is 1.49. The predicted octanol–water partition coefficient (Wildman–Crippen LogP) is 2.88. The van der Waals surface area contributed by atoms with Gasteiger partial charge < -0.3 is 15.0 Å². The maximum absolute atomic E-state index is 12.6. The van der Waals surface area contributed by atoms with E-state index in [1.54, 1.807) is 6.20 Å². The summed E-state index contributed by atoms with van der Waals surface area (Å²) in [7, 11) is 0. The highest BCUT2D eigenvalue weighted by atomic mass is 16.5. The number of likely N-dealkylation sites (tertiary alicyclic amines) is 1. The van der Waals surface area contributed by atoms with Crippen molar-refractivity contribution in [3.05, 3.63) is 53.4 Å². The van der Waals surface area contributed by atoms with Crippen molar-refractivity contribution in [3.63, 3.8) is 0 Å². The summed E-state index contributed by atoms with van der Waals surface area (Å²) in [6.07, 6.45) is 7.87. The molecule has 4 heterocycles. The number of hydrogen-bond acceptors (Lipinski definition) is 5. The van der Waals surface area contributed by atoms with Crippen molar-refractivity contribution in [1.82, 2.24) is 15.2 Å². The van der Waals surface area contributed by atoms with Gasteiger partial charge >= 0.3 is 0 Å². The van der Waals surface area contributed by atoms with E-state index in [-0.39, 0.29) is 5.91 Å². The number of carbonyl (C=O) groups excluding carboxylic acids is 1. The third-order valence-corrected chi connectivity index (χ3v) is 5.19. The van der Waals surface area contributed by atoms with Gasteiger partial charge in [0.25, 0.3) is 5.91 Å². The van der Waals surface area contributed by atoms with Crippen LogP contribution in [0.25, 0.3) is 6.08 Å². The summed E-state index contributed by atoms with van der Waals surface area (Å²) in [5.41, 5.74) is 4.13. The average molecular weight is 348 g/mol. The van der Waals surface area contributed by atoms with Crippen LogP contribution in [0.3, 0.4) is 0 Å². The summed E-state index contributed by atoms with van der Waals surface area (Å²) in [4.78, 5) is 21.0. The van der Waals surface area contributed by atoms with Crippen molar-refractivity contribution in [1.29, 1.82) is 0 Å². The lowest BCUT2D eigenvalue weighted by molar-refractivity contribution is 0.0792. The number of benzene rings is 1.